The van der Waals surface area contributed by atoms with Crippen molar-refractivity contribution in [1.82, 2.24) is 0 Å². The van der Waals surface area contributed by atoms with Crippen molar-refractivity contribution < 1.29 is 26.7 Å². The van der Waals surface area contributed by atoms with Crippen LogP contribution in [0.3, 0.4) is 0 Å². The molecule has 1 amide bonds. The third-order valence-corrected chi connectivity index (χ3v) is 4.08. The highest BCUT2D eigenvalue weighted by atomic mass is 35.5. The summed E-state index contributed by atoms with van der Waals surface area (Å²) in [4.78, 5) is 12.3. The number of rotatable bonds is 3. The zero-order valence-corrected chi connectivity index (χ0v) is 13.5. The van der Waals surface area contributed by atoms with E-state index in [1.165, 1.54) is 12.1 Å². The Labute approximate surface area is 143 Å². The first kappa shape index (κ1) is 18.5. The molecule has 0 bridgehead atoms. The van der Waals surface area contributed by atoms with Crippen molar-refractivity contribution in [2.75, 3.05) is 11.6 Å². The van der Waals surface area contributed by atoms with Gasteiger partial charge in [0.1, 0.15) is 11.6 Å². The Morgan fingerprint density at radius 1 is 1.12 bits per heavy atom. The van der Waals surface area contributed by atoms with E-state index in [0.29, 0.717) is 6.07 Å². The molecule has 2 aromatic carbocycles. The fraction of sp³-hybridized carbons (Fsp3) is 0.133. The Balaban J connectivity index is 2.32. The van der Waals surface area contributed by atoms with Gasteiger partial charge in [0.15, 0.2) is 0 Å². The maximum absolute atomic E-state index is 13.8. The van der Waals surface area contributed by atoms with E-state index in [9.17, 15) is 26.7 Å². The fourth-order valence-electron chi connectivity index (χ4n) is 1.87. The van der Waals surface area contributed by atoms with Crippen LogP contribution in [0.15, 0.2) is 35.2 Å². The summed E-state index contributed by atoms with van der Waals surface area (Å²) < 4.78 is 65.1. The number of amides is 1. The van der Waals surface area contributed by atoms with Crippen molar-refractivity contribution in [3.8, 4) is 0 Å². The van der Waals surface area contributed by atoms with Crippen LogP contribution in [0.2, 0.25) is 5.02 Å². The quantitative estimate of drug-likeness (QED) is 0.553. The van der Waals surface area contributed by atoms with Crippen LogP contribution in [0, 0.1) is 11.6 Å². The van der Waals surface area contributed by atoms with Gasteiger partial charge in [-0.3, -0.25) is 4.79 Å². The van der Waals surface area contributed by atoms with E-state index in [0.717, 1.165) is 17.8 Å². The van der Waals surface area contributed by atoms with Gasteiger partial charge in [-0.05, 0) is 36.6 Å². The number of thioether (sulfide) groups is 1. The highest BCUT2D eigenvalue weighted by Crippen LogP contribution is 2.36. The molecular formula is C15H9ClF5NOS. The van der Waals surface area contributed by atoms with E-state index in [4.69, 9.17) is 11.6 Å². The molecule has 24 heavy (non-hydrogen) atoms. The van der Waals surface area contributed by atoms with Crippen molar-refractivity contribution in [1.29, 1.82) is 0 Å². The summed E-state index contributed by atoms with van der Waals surface area (Å²) in [5.74, 6) is -2.86. The Morgan fingerprint density at radius 3 is 2.38 bits per heavy atom. The zero-order valence-electron chi connectivity index (χ0n) is 12.0. The number of hydrogen-bond acceptors (Lipinski definition) is 2. The highest BCUT2D eigenvalue weighted by molar-refractivity contribution is 7.98. The number of carbonyl (C=O) groups is 1. The lowest BCUT2D eigenvalue weighted by atomic mass is 10.1. The molecule has 0 unspecified atom stereocenters. The summed E-state index contributed by atoms with van der Waals surface area (Å²) in [6.07, 6.45) is -3.21. The number of nitrogens with one attached hydrogen (secondary N) is 1. The second kappa shape index (κ2) is 6.98. The normalized spacial score (nSPS) is 11.5. The van der Waals surface area contributed by atoms with Crippen molar-refractivity contribution in [3.63, 3.8) is 0 Å². The zero-order chi connectivity index (χ0) is 18.1. The van der Waals surface area contributed by atoms with Gasteiger partial charge in [-0.2, -0.15) is 13.2 Å². The van der Waals surface area contributed by atoms with Crippen LogP contribution >= 0.6 is 23.4 Å². The van der Waals surface area contributed by atoms with Gasteiger partial charge in [0.25, 0.3) is 5.91 Å². The topological polar surface area (TPSA) is 29.1 Å². The highest BCUT2D eigenvalue weighted by Gasteiger charge is 2.34. The van der Waals surface area contributed by atoms with E-state index < -0.39 is 39.9 Å². The minimum atomic E-state index is -4.84. The molecule has 0 aliphatic rings. The predicted octanol–water partition coefficient (Wildman–Crippen LogP) is 5.61. The van der Waals surface area contributed by atoms with Crippen LogP contribution in [-0.4, -0.2) is 12.2 Å². The first-order valence-corrected chi connectivity index (χ1v) is 7.95. The average Bonchev–Trinajstić information content (AvgIpc) is 2.49. The molecule has 0 fully saturated rings. The molecule has 0 aromatic heterocycles. The SMILES string of the molecule is CSc1cc(NC(=O)c2cc(Cl)c(C(F)(F)F)cc2F)ccc1F. The van der Waals surface area contributed by atoms with Crippen LogP contribution in [0.25, 0.3) is 0 Å². The molecule has 2 aromatic rings. The second-order valence-corrected chi connectivity index (χ2v) is 5.87. The summed E-state index contributed by atoms with van der Waals surface area (Å²) in [6, 6.07) is 4.44. The molecule has 0 saturated heterocycles. The number of alkyl halides is 3. The summed E-state index contributed by atoms with van der Waals surface area (Å²) in [6.45, 7) is 0. The molecular weight excluding hydrogens is 373 g/mol. The average molecular weight is 382 g/mol. The van der Waals surface area contributed by atoms with E-state index >= 15 is 0 Å². The van der Waals surface area contributed by atoms with Gasteiger partial charge in [0.2, 0.25) is 0 Å². The van der Waals surface area contributed by atoms with E-state index in [-0.39, 0.29) is 16.6 Å². The smallest absolute Gasteiger partial charge is 0.322 e. The Kier molecular flexibility index (Phi) is 5.39. The number of anilines is 1. The molecule has 0 aliphatic heterocycles. The largest absolute Gasteiger partial charge is 0.417 e. The van der Waals surface area contributed by atoms with Crippen LogP contribution < -0.4 is 5.32 Å². The van der Waals surface area contributed by atoms with Crippen LogP contribution in [0.1, 0.15) is 15.9 Å². The lowest BCUT2D eigenvalue weighted by molar-refractivity contribution is -0.137. The molecule has 1 N–H and O–H groups in total. The third kappa shape index (κ3) is 3.99. The molecule has 2 rings (SSSR count). The molecule has 128 valence electrons. The minimum absolute atomic E-state index is 0.162. The van der Waals surface area contributed by atoms with E-state index in [1.807, 2.05) is 0 Å². The Bertz CT molecular complexity index is 794. The van der Waals surface area contributed by atoms with Crippen molar-refractivity contribution >= 4 is 35.0 Å². The lowest BCUT2D eigenvalue weighted by Gasteiger charge is -2.12. The lowest BCUT2D eigenvalue weighted by Crippen LogP contribution is -2.16. The maximum atomic E-state index is 13.8. The van der Waals surface area contributed by atoms with Gasteiger partial charge < -0.3 is 5.32 Å². The summed E-state index contributed by atoms with van der Waals surface area (Å²) in [7, 11) is 0. The number of carbonyl (C=O) groups excluding carboxylic acids is 1. The molecule has 0 saturated carbocycles. The molecule has 0 radical (unpaired) electrons. The van der Waals surface area contributed by atoms with Crippen LogP contribution in [0.5, 0.6) is 0 Å². The van der Waals surface area contributed by atoms with Crippen molar-refractivity contribution in [2.45, 2.75) is 11.1 Å². The molecule has 0 aliphatic carbocycles. The Morgan fingerprint density at radius 2 is 1.79 bits per heavy atom. The van der Waals surface area contributed by atoms with Gasteiger partial charge in [-0.15, -0.1) is 11.8 Å². The van der Waals surface area contributed by atoms with Crippen LogP contribution in [-0.2, 0) is 6.18 Å². The second-order valence-electron chi connectivity index (χ2n) is 4.61. The summed E-state index contributed by atoms with van der Waals surface area (Å²) >= 11 is 6.58. The van der Waals surface area contributed by atoms with Gasteiger partial charge in [-0.1, -0.05) is 11.6 Å². The number of hydrogen-bond donors (Lipinski definition) is 1. The van der Waals surface area contributed by atoms with Gasteiger partial charge in [0, 0.05) is 10.6 Å². The number of benzene rings is 2. The predicted molar refractivity (Wildman–Crippen MR) is 82.5 cm³/mol. The third-order valence-electron chi connectivity index (χ3n) is 3.02. The maximum Gasteiger partial charge on any atom is 0.417 e. The van der Waals surface area contributed by atoms with E-state index in [2.05, 4.69) is 5.32 Å². The molecule has 9 heteroatoms. The van der Waals surface area contributed by atoms with Crippen molar-refractivity contribution in [2.24, 2.45) is 0 Å². The first-order chi connectivity index (χ1) is 11.1. The molecule has 0 atom stereocenters. The minimum Gasteiger partial charge on any atom is -0.322 e. The van der Waals surface area contributed by atoms with Crippen molar-refractivity contribution in [3.05, 3.63) is 58.1 Å². The van der Waals surface area contributed by atoms with Crippen LogP contribution in [0.4, 0.5) is 27.6 Å². The van der Waals surface area contributed by atoms with Gasteiger partial charge in [-0.25, -0.2) is 8.78 Å². The fourth-order valence-corrected chi connectivity index (χ4v) is 2.65. The number of halogens is 6. The Hall–Kier alpha value is -1.80. The molecule has 0 spiro atoms. The standard InChI is InChI=1S/C15H9ClF5NOS/c1-24-13-4-7(2-3-11(13)17)22-14(23)8-5-10(16)9(6-12(8)18)15(19,20)21/h2-6H,1H3,(H,22,23). The van der Waals surface area contributed by atoms with Gasteiger partial charge >= 0.3 is 6.18 Å². The molecule has 0 heterocycles. The molecule has 2 nitrogen and oxygen atoms in total. The monoisotopic (exact) mass is 381 g/mol. The first-order valence-electron chi connectivity index (χ1n) is 6.34. The van der Waals surface area contributed by atoms with E-state index in [1.54, 1.807) is 6.26 Å². The van der Waals surface area contributed by atoms with Gasteiger partial charge in [0.05, 0.1) is 16.1 Å². The summed E-state index contributed by atoms with van der Waals surface area (Å²) in [5, 5.41) is 1.49. The summed E-state index contributed by atoms with van der Waals surface area (Å²) in [5.41, 5.74) is -1.85.